The monoisotopic (exact) mass is 790 g/mol. The average Bonchev–Trinajstić information content (AvgIpc) is 3.71. The fourth-order valence-corrected chi connectivity index (χ4v) is 10.0. The Kier molecular flexibility index (Phi) is 15.4. The van der Waals surface area contributed by atoms with Gasteiger partial charge >= 0.3 is 0 Å². The number of nitrogens with one attached hydrogen (secondary N) is 2. The van der Waals surface area contributed by atoms with E-state index >= 15 is 0 Å². The first-order valence-electron chi connectivity index (χ1n) is 22.7. The summed E-state index contributed by atoms with van der Waals surface area (Å²) in [6.45, 7) is 9.87. The van der Waals surface area contributed by atoms with E-state index in [4.69, 9.17) is 9.15 Å². The number of aromatic nitrogens is 1. The Labute approximate surface area is 341 Å². The van der Waals surface area contributed by atoms with Crippen LogP contribution in [0.5, 0.6) is 5.75 Å². The first kappa shape index (κ1) is 42.1. The molecule has 3 N–H and O–H groups in total. The summed E-state index contributed by atoms with van der Waals surface area (Å²) in [5.41, 5.74) is 2.51. The summed E-state index contributed by atoms with van der Waals surface area (Å²) in [6, 6.07) is 7.22. The third-order valence-electron chi connectivity index (χ3n) is 13.5. The van der Waals surface area contributed by atoms with E-state index in [1.54, 1.807) is 6.20 Å². The number of hydrogen-bond donors (Lipinski definition) is 3. The van der Waals surface area contributed by atoms with Gasteiger partial charge < -0.3 is 24.5 Å². The molecule has 4 heterocycles. The normalized spacial score (nSPS) is 26.0. The van der Waals surface area contributed by atoms with Gasteiger partial charge in [0.2, 0.25) is 11.8 Å². The zero-order valence-corrected chi connectivity index (χ0v) is 34.9. The number of β-amino-alcohol motifs (C(OH)–C–C–N with tert-alkyl or cyclic N) is 1. The van der Waals surface area contributed by atoms with Crippen molar-refractivity contribution in [2.75, 3.05) is 45.8 Å². The van der Waals surface area contributed by atoms with Crippen LogP contribution in [0.15, 0.2) is 35.2 Å². The van der Waals surface area contributed by atoms with E-state index < -0.39 is 6.10 Å². The molecular weight excluding hydrogens is 719 g/mol. The smallest absolute Gasteiger partial charge is 0.225 e. The summed E-state index contributed by atoms with van der Waals surface area (Å²) in [4.78, 5) is 40.9. The Morgan fingerprint density at radius 2 is 1.65 bits per heavy atom. The molecule has 1 aromatic carbocycles. The second-order valence-corrected chi connectivity index (χ2v) is 18.1. The summed E-state index contributed by atoms with van der Waals surface area (Å²) in [6.07, 6.45) is 21.8. The van der Waals surface area contributed by atoms with Crippen LogP contribution in [0, 0.1) is 11.8 Å². The molecule has 4 fully saturated rings. The molecule has 2 saturated heterocycles. The predicted octanol–water partition coefficient (Wildman–Crippen LogP) is 5.68. The van der Waals surface area contributed by atoms with Gasteiger partial charge in [-0.05, 0) is 68.2 Å². The van der Waals surface area contributed by atoms with Crippen LogP contribution in [-0.2, 0) is 29.2 Å². The Hall–Kier alpha value is -3.03. The number of rotatable bonds is 13. The first-order chi connectivity index (χ1) is 27.8. The Balaban J connectivity index is 0.988. The van der Waals surface area contributed by atoms with E-state index in [2.05, 4.69) is 42.5 Å². The molecule has 12 nitrogen and oxygen atoms in total. The fraction of sp³-hybridized carbons (Fsp3) is 0.756. The number of carbonyl (C=O) groups excluding carboxylic acids is 2. The minimum absolute atomic E-state index is 0.00477. The molecule has 3 unspecified atom stereocenters. The molecule has 0 bridgehead atoms. The standard InChI is InChI=1S/C45H71N7O5/c1-33(2)45(55)51-22-20-50(21-23-51)43-26-36(25-42(48-37-12-11-13-37)52(43)38-14-9-7-5-3-4-6-8-10-15-38)44(54)47-27-39(53)30-49-19-18-34-24-40(17-16-35(34)29-49)56-31-41-28-46-32-57-41/h16-17,24,28,32-33,36-39,42-43,48,53H,3-15,18-23,25-27,29-31H2,1-2H3,(H,47,54)/t36?,39-,42?,43?/m0/s1. The van der Waals surface area contributed by atoms with E-state index in [1.807, 2.05) is 24.8 Å². The number of fused-ring (bicyclic) bond motifs is 1. The number of benzene rings is 1. The van der Waals surface area contributed by atoms with E-state index in [-0.39, 0.29) is 42.5 Å². The minimum Gasteiger partial charge on any atom is -0.486 e. The van der Waals surface area contributed by atoms with Crippen molar-refractivity contribution >= 4 is 11.8 Å². The highest BCUT2D eigenvalue weighted by molar-refractivity contribution is 5.79. The maximum absolute atomic E-state index is 14.2. The summed E-state index contributed by atoms with van der Waals surface area (Å²) in [5.74, 6) is 1.68. The van der Waals surface area contributed by atoms with Gasteiger partial charge in [-0.1, -0.05) is 77.7 Å². The molecule has 0 spiro atoms. The van der Waals surface area contributed by atoms with Crippen molar-refractivity contribution in [3.8, 4) is 5.75 Å². The maximum atomic E-state index is 14.2. The maximum Gasteiger partial charge on any atom is 0.225 e. The number of likely N-dealkylation sites (tertiary alicyclic amines) is 1. The molecule has 0 radical (unpaired) electrons. The van der Waals surface area contributed by atoms with Crippen molar-refractivity contribution < 1.29 is 23.8 Å². The molecule has 3 aliphatic heterocycles. The molecule has 12 heteroatoms. The van der Waals surface area contributed by atoms with E-state index in [9.17, 15) is 14.7 Å². The third kappa shape index (κ3) is 11.6. The number of amides is 2. The minimum atomic E-state index is -0.654. The van der Waals surface area contributed by atoms with E-state index in [1.165, 1.54) is 101 Å². The molecule has 5 aliphatic rings. The van der Waals surface area contributed by atoms with Gasteiger partial charge in [0.05, 0.1) is 24.6 Å². The first-order valence-corrected chi connectivity index (χ1v) is 22.7. The number of nitrogens with zero attached hydrogens (tertiary/aromatic N) is 5. The molecule has 2 amide bonds. The SMILES string of the molecule is CC(C)C(=O)N1CCN(C2CC(C(=O)NC[C@H](O)CN3CCc4cc(OCc5cnco5)ccc4C3)CC(NC3CCC3)N2C2CCCCCCCCCC2)CC1. The number of aliphatic hydroxyl groups is 1. The van der Waals surface area contributed by atoms with Crippen molar-refractivity contribution in [2.24, 2.45) is 11.8 Å². The Morgan fingerprint density at radius 3 is 2.32 bits per heavy atom. The molecule has 2 aliphatic carbocycles. The van der Waals surface area contributed by atoms with Crippen LogP contribution in [0.1, 0.15) is 127 Å². The second-order valence-electron chi connectivity index (χ2n) is 18.1. The number of oxazole rings is 1. The van der Waals surface area contributed by atoms with Crippen LogP contribution < -0.4 is 15.4 Å². The average molecular weight is 790 g/mol. The summed E-state index contributed by atoms with van der Waals surface area (Å²) in [7, 11) is 0. The molecule has 4 atom stereocenters. The second kappa shape index (κ2) is 20.8. The van der Waals surface area contributed by atoms with Gasteiger partial charge in [-0.2, -0.15) is 0 Å². The van der Waals surface area contributed by atoms with Crippen LogP contribution in [0.2, 0.25) is 0 Å². The predicted molar refractivity (Wildman–Crippen MR) is 221 cm³/mol. The molecule has 57 heavy (non-hydrogen) atoms. The molecule has 2 saturated carbocycles. The number of hydrogen-bond acceptors (Lipinski definition) is 10. The molecule has 316 valence electrons. The van der Waals surface area contributed by atoms with Gasteiger partial charge in [0.1, 0.15) is 12.4 Å². The number of piperidine rings is 1. The third-order valence-corrected chi connectivity index (χ3v) is 13.5. The molecular formula is C45H71N7O5. The van der Waals surface area contributed by atoms with Crippen LogP contribution >= 0.6 is 0 Å². The topological polar surface area (TPSA) is 127 Å². The lowest BCUT2D eigenvalue weighted by atomic mass is 9.85. The summed E-state index contributed by atoms with van der Waals surface area (Å²) in [5, 5.41) is 18.6. The number of piperazine rings is 1. The van der Waals surface area contributed by atoms with Gasteiger partial charge in [0.15, 0.2) is 12.2 Å². The fourth-order valence-electron chi connectivity index (χ4n) is 10.0. The molecule has 1 aromatic heterocycles. The van der Waals surface area contributed by atoms with Crippen molar-refractivity contribution in [3.63, 3.8) is 0 Å². The van der Waals surface area contributed by atoms with Gasteiger partial charge in [0.25, 0.3) is 0 Å². The van der Waals surface area contributed by atoms with Crippen molar-refractivity contribution in [1.82, 2.24) is 35.2 Å². The Morgan fingerprint density at radius 1 is 0.912 bits per heavy atom. The van der Waals surface area contributed by atoms with Crippen molar-refractivity contribution in [1.29, 1.82) is 0 Å². The molecule has 2 aromatic rings. The van der Waals surface area contributed by atoms with E-state index in [0.717, 1.165) is 64.3 Å². The van der Waals surface area contributed by atoms with Gasteiger partial charge in [0, 0.05) is 76.3 Å². The van der Waals surface area contributed by atoms with Crippen molar-refractivity contribution in [2.45, 2.75) is 160 Å². The highest BCUT2D eigenvalue weighted by atomic mass is 16.5. The zero-order chi connectivity index (χ0) is 39.6. The highest BCUT2D eigenvalue weighted by Crippen LogP contribution is 2.36. The summed E-state index contributed by atoms with van der Waals surface area (Å²) >= 11 is 0. The lowest BCUT2D eigenvalue weighted by molar-refractivity contribution is -0.143. The van der Waals surface area contributed by atoms with Gasteiger partial charge in [-0.15, -0.1) is 0 Å². The van der Waals surface area contributed by atoms with Crippen LogP contribution in [0.3, 0.4) is 0 Å². The zero-order valence-electron chi connectivity index (χ0n) is 34.9. The lowest BCUT2D eigenvalue weighted by Crippen LogP contribution is -2.68. The van der Waals surface area contributed by atoms with Crippen LogP contribution in [0.4, 0.5) is 0 Å². The van der Waals surface area contributed by atoms with Crippen LogP contribution in [-0.4, -0.2) is 118 Å². The van der Waals surface area contributed by atoms with Crippen LogP contribution in [0.25, 0.3) is 0 Å². The quantitative estimate of drug-likeness (QED) is 0.234. The largest absolute Gasteiger partial charge is 0.486 e. The van der Waals surface area contributed by atoms with E-state index in [0.29, 0.717) is 31.0 Å². The lowest BCUT2D eigenvalue weighted by Gasteiger charge is -2.55. The number of aliphatic hydroxyl groups excluding tert-OH is 1. The van der Waals surface area contributed by atoms with Gasteiger partial charge in [-0.25, -0.2) is 4.98 Å². The highest BCUT2D eigenvalue weighted by Gasteiger charge is 2.45. The number of carbonyl (C=O) groups is 2. The molecule has 7 rings (SSSR count). The van der Waals surface area contributed by atoms with Crippen molar-refractivity contribution in [3.05, 3.63) is 47.7 Å². The van der Waals surface area contributed by atoms with Gasteiger partial charge in [-0.3, -0.25) is 29.6 Å². The summed E-state index contributed by atoms with van der Waals surface area (Å²) < 4.78 is 11.2. The Bertz CT molecular complexity index is 1530. The number of ether oxygens (including phenoxy) is 1.